The lowest BCUT2D eigenvalue weighted by Crippen LogP contribution is -2.12. The van der Waals surface area contributed by atoms with Crippen LogP contribution in [0, 0.1) is 11.3 Å². The number of hydrogen-bond donors (Lipinski definition) is 2. The van der Waals surface area contributed by atoms with E-state index in [2.05, 4.69) is 5.32 Å². The van der Waals surface area contributed by atoms with Crippen molar-refractivity contribution in [3.05, 3.63) is 23.8 Å². The normalized spacial score (nSPS) is 9.33. The molecule has 0 atom stereocenters. The summed E-state index contributed by atoms with van der Waals surface area (Å²) in [5, 5.41) is 11.3. The number of hydrogen-bond acceptors (Lipinski definition) is 3. The summed E-state index contributed by atoms with van der Waals surface area (Å²) in [7, 11) is 0. The zero-order valence-electron chi connectivity index (χ0n) is 8.58. The second-order valence-corrected chi connectivity index (χ2v) is 3.21. The minimum atomic E-state index is -0.0612. The Bertz CT molecular complexity index is 407. The number of nitrogens with zero attached hydrogens (tertiary/aromatic N) is 1. The lowest BCUT2D eigenvalue weighted by molar-refractivity contribution is -0.116. The molecular formula is C11H13N3O. The predicted molar refractivity (Wildman–Crippen MR) is 59.1 cm³/mol. The largest absolute Gasteiger partial charge is 0.397 e. The number of nitrogens with two attached hydrogens (primary N) is 1. The highest BCUT2D eigenvalue weighted by atomic mass is 16.1. The molecule has 0 bridgehead atoms. The molecule has 15 heavy (non-hydrogen) atoms. The molecule has 0 saturated heterocycles. The predicted octanol–water partition coefficient (Wildman–Crippen LogP) is 1.88. The number of carbonyl (C=O) groups is 1. The van der Waals surface area contributed by atoms with E-state index in [1.165, 1.54) is 0 Å². The Morgan fingerprint density at radius 2 is 2.33 bits per heavy atom. The van der Waals surface area contributed by atoms with Gasteiger partial charge in [-0.25, -0.2) is 0 Å². The lowest BCUT2D eigenvalue weighted by atomic mass is 10.2. The molecule has 1 aromatic rings. The maximum absolute atomic E-state index is 11.3. The van der Waals surface area contributed by atoms with Gasteiger partial charge in [-0.1, -0.05) is 6.92 Å². The molecule has 4 nitrogen and oxygen atoms in total. The van der Waals surface area contributed by atoms with E-state index in [9.17, 15) is 4.79 Å². The van der Waals surface area contributed by atoms with Gasteiger partial charge in [0.05, 0.1) is 23.0 Å². The first-order chi connectivity index (χ1) is 7.17. The highest BCUT2D eigenvalue weighted by Gasteiger charge is 2.04. The monoisotopic (exact) mass is 203 g/mol. The Kier molecular flexibility index (Phi) is 3.69. The van der Waals surface area contributed by atoms with Gasteiger partial charge in [0.1, 0.15) is 0 Å². The summed E-state index contributed by atoms with van der Waals surface area (Å²) in [5.41, 5.74) is 7.14. The maximum Gasteiger partial charge on any atom is 0.224 e. The summed E-state index contributed by atoms with van der Waals surface area (Å²) >= 11 is 0. The molecule has 0 fully saturated rings. The number of carbonyl (C=O) groups excluding carboxylic acids is 1. The molecule has 0 spiro atoms. The average Bonchev–Trinajstić information content (AvgIpc) is 2.21. The third-order valence-electron chi connectivity index (χ3n) is 1.93. The second-order valence-electron chi connectivity index (χ2n) is 3.21. The third-order valence-corrected chi connectivity index (χ3v) is 1.93. The summed E-state index contributed by atoms with van der Waals surface area (Å²) in [5.74, 6) is -0.0612. The van der Waals surface area contributed by atoms with E-state index in [1.807, 2.05) is 13.0 Å². The van der Waals surface area contributed by atoms with Crippen molar-refractivity contribution < 1.29 is 4.79 Å². The summed E-state index contributed by atoms with van der Waals surface area (Å²) in [6, 6.07) is 6.79. The smallest absolute Gasteiger partial charge is 0.224 e. The number of nitriles is 1. The van der Waals surface area contributed by atoms with E-state index in [-0.39, 0.29) is 5.91 Å². The standard InChI is InChI=1S/C11H13N3O/c1-2-3-11(15)14-10-5-4-8(7-12)6-9(10)13/h4-6H,2-3,13H2,1H3,(H,14,15). The lowest BCUT2D eigenvalue weighted by Gasteiger charge is -2.07. The topological polar surface area (TPSA) is 78.9 Å². The summed E-state index contributed by atoms with van der Waals surface area (Å²) in [6.07, 6.45) is 1.27. The van der Waals surface area contributed by atoms with Crippen molar-refractivity contribution in [1.29, 1.82) is 5.26 Å². The molecule has 0 aromatic heterocycles. The number of anilines is 2. The van der Waals surface area contributed by atoms with Crippen LogP contribution in [0.2, 0.25) is 0 Å². The fraction of sp³-hybridized carbons (Fsp3) is 0.273. The molecule has 0 unspecified atom stereocenters. The van der Waals surface area contributed by atoms with Gasteiger partial charge in [0.15, 0.2) is 0 Å². The van der Waals surface area contributed by atoms with Crippen molar-refractivity contribution in [2.75, 3.05) is 11.1 Å². The SMILES string of the molecule is CCCC(=O)Nc1ccc(C#N)cc1N. The van der Waals surface area contributed by atoms with E-state index in [0.29, 0.717) is 23.4 Å². The summed E-state index contributed by atoms with van der Waals surface area (Å²) in [6.45, 7) is 1.93. The molecule has 0 saturated carbocycles. The van der Waals surface area contributed by atoms with Gasteiger partial charge in [-0.3, -0.25) is 4.79 Å². The van der Waals surface area contributed by atoms with E-state index >= 15 is 0 Å². The van der Waals surface area contributed by atoms with Crippen LogP contribution in [0.1, 0.15) is 25.3 Å². The minimum Gasteiger partial charge on any atom is -0.397 e. The fourth-order valence-electron chi connectivity index (χ4n) is 1.19. The van der Waals surface area contributed by atoms with Gasteiger partial charge in [-0.15, -0.1) is 0 Å². The van der Waals surface area contributed by atoms with Crippen molar-refractivity contribution in [3.63, 3.8) is 0 Å². The highest BCUT2D eigenvalue weighted by Crippen LogP contribution is 2.19. The van der Waals surface area contributed by atoms with Crippen LogP contribution in [0.4, 0.5) is 11.4 Å². The summed E-state index contributed by atoms with van der Waals surface area (Å²) in [4.78, 5) is 11.3. The molecule has 0 heterocycles. The molecule has 78 valence electrons. The van der Waals surface area contributed by atoms with Crippen LogP contribution in [-0.4, -0.2) is 5.91 Å². The van der Waals surface area contributed by atoms with E-state index in [4.69, 9.17) is 11.0 Å². The van der Waals surface area contributed by atoms with E-state index < -0.39 is 0 Å². The van der Waals surface area contributed by atoms with Crippen LogP contribution in [0.5, 0.6) is 0 Å². The highest BCUT2D eigenvalue weighted by molar-refractivity contribution is 5.93. The van der Waals surface area contributed by atoms with Gasteiger partial charge in [-0.2, -0.15) is 5.26 Å². The summed E-state index contributed by atoms with van der Waals surface area (Å²) < 4.78 is 0. The second kappa shape index (κ2) is 5.01. The van der Waals surface area contributed by atoms with Crippen LogP contribution in [0.3, 0.4) is 0 Å². The molecule has 0 aliphatic heterocycles. The van der Waals surface area contributed by atoms with Crippen LogP contribution in [-0.2, 0) is 4.79 Å². The van der Waals surface area contributed by atoms with Gasteiger partial charge in [0, 0.05) is 6.42 Å². The zero-order chi connectivity index (χ0) is 11.3. The first kappa shape index (κ1) is 11.1. The Balaban J connectivity index is 2.79. The first-order valence-corrected chi connectivity index (χ1v) is 4.77. The number of amides is 1. The van der Waals surface area contributed by atoms with Crippen molar-refractivity contribution in [1.82, 2.24) is 0 Å². The molecule has 4 heteroatoms. The fourth-order valence-corrected chi connectivity index (χ4v) is 1.19. The van der Waals surface area contributed by atoms with Gasteiger partial charge in [0.25, 0.3) is 0 Å². The van der Waals surface area contributed by atoms with Gasteiger partial charge in [-0.05, 0) is 24.6 Å². The number of benzene rings is 1. The quantitative estimate of drug-likeness (QED) is 0.736. The molecule has 1 aromatic carbocycles. The van der Waals surface area contributed by atoms with Crippen LogP contribution < -0.4 is 11.1 Å². The minimum absolute atomic E-state index is 0.0612. The van der Waals surface area contributed by atoms with Crippen LogP contribution in [0.15, 0.2) is 18.2 Å². The molecule has 3 N–H and O–H groups in total. The number of nitrogen functional groups attached to an aromatic ring is 1. The Hall–Kier alpha value is -2.02. The van der Waals surface area contributed by atoms with E-state index in [1.54, 1.807) is 18.2 Å². The molecular weight excluding hydrogens is 190 g/mol. The maximum atomic E-state index is 11.3. The molecule has 0 radical (unpaired) electrons. The Morgan fingerprint density at radius 1 is 1.60 bits per heavy atom. The number of rotatable bonds is 3. The number of nitrogens with one attached hydrogen (secondary N) is 1. The van der Waals surface area contributed by atoms with E-state index in [0.717, 1.165) is 6.42 Å². The Labute approximate surface area is 88.7 Å². The molecule has 1 rings (SSSR count). The van der Waals surface area contributed by atoms with Gasteiger partial charge < -0.3 is 11.1 Å². The zero-order valence-corrected chi connectivity index (χ0v) is 8.58. The third kappa shape index (κ3) is 2.99. The molecule has 0 aliphatic rings. The van der Waals surface area contributed by atoms with Crippen molar-refractivity contribution in [2.45, 2.75) is 19.8 Å². The van der Waals surface area contributed by atoms with Gasteiger partial charge >= 0.3 is 0 Å². The molecule has 0 aliphatic carbocycles. The van der Waals surface area contributed by atoms with Crippen LogP contribution >= 0.6 is 0 Å². The Morgan fingerprint density at radius 3 is 2.87 bits per heavy atom. The van der Waals surface area contributed by atoms with Crippen LogP contribution in [0.25, 0.3) is 0 Å². The van der Waals surface area contributed by atoms with Gasteiger partial charge in [0.2, 0.25) is 5.91 Å². The van der Waals surface area contributed by atoms with Crippen molar-refractivity contribution in [2.24, 2.45) is 0 Å². The molecule has 1 amide bonds. The average molecular weight is 203 g/mol. The van der Waals surface area contributed by atoms with Crippen molar-refractivity contribution >= 4 is 17.3 Å². The first-order valence-electron chi connectivity index (χ1n) is 4.77. The van der Waals surface area contributed by atoms with Crippen molar-refractivity contribution in [3.8, 4) is 6.07 Å².